The second kappa shape index (κ2) is 5.48. The van der Waals surface area contributed by atoms with E-state index >= 15 is 0 Å². The van der Waals surface area contributed by atoms with Crippen molar-refractivity contribution in [1.29, 1.82) is 0 Å². The van der Waals surface area contributed by atoms with E-state index in [0.717, 1.165) is 0 Å². The first-order chi connectivity index (χ1) is 9.10. The van der Waals surface area contributed by atoms with Crippen LogP contribution in [0.15, 0.2) is 18.2 Å². The molecule has 0 radical (unpaired) electrons. The van der Waals surface area contributed by atoms with Gasteiger partial charge < -0.3 is 9.47 Å². The Morgan fingerprint density at radius 3 is 2.37 bits per heavy atom. The van der Waals surface area contributed by atoms with Crippen LogP contribution in [-0.4, -0.2) is 20.8 Å². The Labute approximate surface area is 108 Å². The summed E-state index contributed by atoms with van der Waals surface area (Å²) in [4.78, 5) is 0. The third-order valence-electron chi connectivity index (χ3n) is 2.96. The summed E-state index contributed by atoms with van der Waals surface area (Å²) in [7, 11) is 2.74. The zero-order chi connectivity index (χ0) is 14.0. The minimum absolute atomic E-state index is 0.115. The van der Waals surface area contributed by atoms with Crippen LogP contribution in [0.3, 0.4) is 0 Å². The lowest BCUT2D eigenvalue weighted by molar-refractivity contribution is 0.201. The molecule has 0 saturated heterocycles. The van der Waals surface area contributed by atoms with Crippen molar-refractivity contribution < 1.29 is 22.6 Å². The Morgan fingerprint density at radius 1 is 1.00 bits per heavy atom. The van der Waals surface area contributed by atoms with E-state index in [4.69, 9.17) is 9.47 Å². The van der Waals surface area contributed by atoms with Gasteiger partial charge in [-0.25, -0.2) is 13.2 Å². The van der Waals surface area contributed by atoms with Gasteiger partial charge in [0.25, 0.3) is 0 Å². The summed E-state index contributed by atoms with van der Waals surface area (Å²) >= 11 is 0. The molecule has 5 heteroatoms. The first-order valence-electron chi connectivity index (χ1n) is 5.72. The molecule has 0 spiro atoms. The minimum atomic E-state index is -1.19. The van der Waals surface area contributed by atoms with E-state index < -0.39 is 22.8 Å². The van der Waals surface area contributed by atoms with Crippen molar-refractivity contribution in [2.24, 2.45) is 0 Å². The summed E-state index contributed by atoms with van der Waals surface area (Å²) < 4.78 is 51.3. The van der Waals surface area contributed by atoms with Crippen LogP contribution in [0.25, 0.3) is 10.8 Å². The standard InChI is InChI=1S/C14H13F3O2/c1-18-6-5-9-7-8-3-4-10(19-2)13(16)11(8)14(17)12(9)15/h3-4,7H,5-6H2,1-2H3. The Bertz CT molecular complexity index is 611. The summed E-state index contributed by atoms with van der Waals surface area (Å²) in [6, 6.07) is 4.31. The molecule has 0 atom stereocenters. The molecule has 0 unspecified atom stereocenters. The fourth-order valence-corrected chi connectivity index (χ4v) is 1.97. The van der Waals surface area contributed by atoms with Gasteiger partial charge in [-0.1, -0.05) is 6.07 Å². The number of halogens is 3. The van der Waals surface area contributed by atoms with Crippen LogP contribution in [0.4, 0.5) is 13.2 Å². The molecule has 0 aromatic heterocycles. The molecule has 0 amide bonds. The normalized spacial score (nSPS) is 11.0. The number of rotatable bonds is 4. The van der Waals surface area contributed by atoms with Crippen LogP contribution >= 0.6 is 0 Å². The van der Waals surface area contributed by atoms with Crippen LogP contribution in [0.2, 0.25) is 0 Å². The molecule has 2 nitrogen and oxygen atoms in total. The summed E-state index contributed by atoms with van der Waals surface area (Å²) in [6.45, 7) is 0.264. The van der Waals surface area contributed by atoms with E-state index in [1.807, 2.05) is 0 Å². The number of ether oxygens (including phenoxy) is 2. The van der Waals surface area contributed by atoms with E-state index in [-0.39, 0.29) is 24.3 Å². The zero-order valence-corrected chi connectivity index (χ0v) is 10.6. The van der Waals surface area contributed by atoms with E-state index in [1.165, 1.54) is 32.4 Å². The fraction of sp³-hybridized carbons (Fsp3) is 0.286. The van der Waals surface area contributed by atoms with E-state index in [0.29, 0.717) is 5.39 Å². The second-order valence-electron chi connectivity index (χ2n) is 4.09. The Kier molecular flexibility index (Phi) is 3.95. The van der Waals surface area contributed by atoms with E-state index in [1.54, 1.807) is 0 Å². The summed E-state index contributed by atoms with van der Waals surface area (Å²) in [5, 5.41) is -0.0960. The van der Waals surface area contributed by atoms with E-state index in [9.17, 15) is 13.2 Å². The summed E-state index contributed by atoms with van der Waals surface area (Å²) in [5.74, 6) is -3.25. The molecule has 0 aliphatic heterocycles. The Balaban J connectivity index is 2.66. The van der Waals surface area contributed by atoms with Crippen molar-refractivity contribution in [1.82, 2.24) is 0 Å². The molecule has 0 heterocycles. The first-order valence-corrected chi connectivity index (χ1v) is 5.72. The van der Waals surface area contributed by atoms with Gasteiger partial charge in [0.2, 0.25) is 0 Å². The molecule has 2 rings (SSSR count). The van der Waals surface area contributed by atoms with Crippen molar-refractivity contribution in [2.45, 2.75) is 6.42 Å². The maximum Gasteiger partial charge on any atom is 0.175 e. The van der Waals surface area contributed by atoms with Gasteiger partial charge in [0, 0.05) is 7.11 Å². The monoisotopic (exact) mass is 270 g/mol. The maximum absolute atomic E-state index is 14.0. The molecule has 0 aliphatic carbocycles. The number of hydrogen-bond donors (Lipinski definition) is 0. The van der Waals surface area contributed by atoms with Crippen LogP contribution in [0.1, 0.15) is 5.56 Å². The van der Waals surface area contributed by atoms with Gasteiger partial charge in [0.15, 0.2) is 23.2 Å². The third kappa shape index (κ3) is 2.38. The number of benzene rings is 2. The van der Waals surface area contributed by atoms with Crippen LogP contribution < -0.4 is 4.74 Å². The van der Waals surface area contributed by atoms with Crippen LogP contribution in [-0.2, 0) is 11.2 Å². The second-order valence-corrected chi connectivity index (χ2v) is 4.09. The van der Waals surface area contributed by atoms with Crippen molar-refractivity contribution in [2.75, 3.05) is 20.8 Å². The van der Waals surface area contributed by atoms with Gasteiger partial charge in [-0.05, 0) is 29.5 Å². The van der Waals surface area contributed by atoms with Crippen molar-refractivity contribution in [3.05, 3.63) is 41.2 Å². The first kappa shape index (κ1) is 13.7. The minimum Gasteiger partial charge on any atom is -0.494 e. The number of methoxy groups -OCH3 is 2. The molecular weight excluding hydrogens is 257 g/mol. The lowest BCUT2D eigenvalue weighted by Gasteiger charge is -2.10. The molecular formula is C14H13F3O2. The summed E-state index contributed by atoms with van der Waals surface area (Å²) in [5.41, 5.74) is 0.163. The van der Waals surface area contributed by atoms with Gasteiger partial charge in [-0.15, -0.1) is 0 Å². The van der Waals surface area contributed by atoms with Crippen molar-refractivity contribution in [3.8, 4) is 5.75 Å². The molecule has 0 saturated carbocycles. The van der Waals surface area contributed by atoms with Crippen molar-refractivity contribution in [3.63, 3.8) is 0 Å². The summed E-state index contributed by atoms with van der Waals surface area (Å²) in [6.07, 6.45) is 0.225. The predicted octanol–water partition coefficient (Wildman–Crippen LogP) is 3.45. The fourth-order valence-electron chi connectivity index (χ4n) is 1.97. The average Bonchev–Trinajstić information content (AvgIpc) is 2.41. The molecule has 2 aromatic rings. The van der Waals surface area contributed by atoms with Crippen LogP contribution in [0, 0.1) is 17.5 Å². The smallest absolute Gasteiger partial charge is 0.175 e. The highest BCUT2D eigenvalue weighted by Gasteiger charge is 2.18. The van der Waals surface area contributed by atoms with Gasteiger partial charge in [-0.2, -0.15) is 0 Å². The lowest BCUT2D eigenvalue weighted by atomic mass is 10.0. The Morgan fingerprint density at radius 2 is 1.74 bits per heavy atom. The van der Waals surface area contributed by atoms with E-state index in [2.05, 4.69) is 0 Å². The maximum atomic E-state index is 14.0. The molecule has 0 N–H and O–H groups in total. The molecule has 19 heavy (non-hydrogen) atoms. The highest BCUT2D eigenvalue weighted by atomic mass is 19.2. The third-order valence-corrected chi connectivity index (χ3v) is 2.96. The topological polar surface area (TPSA) is 18.5 Å². The largest absolute Gasteiger partial charge is 0.494 e. The molecule has 2 aromatic carbocycles. The Hall–Kier alpha value is -1.75. The quantitative estimate of drug-likeness (QED) is 0.847. The molecule has 102 valence electrons. The zero-order valence-electron chi connectivity index (χ0n) is 10.6. The lowest BCUT2D eigenvalue weighted by Crippen LogP contribution is -2.02. The van der Waals surface area contributed by atoms with Gasteiger partial charge in [0.1, 0.15) is 0 Å². The van der Waals surface area contributed by atoms with Gasteiger partial charge in [0.05, 0.1) is 19.1 Å². The molecule has 0 aliphatic rings. The van der Waals surface area contributed by atoms with Crippen LogP contribution in [0.5, 0.6) is 5.75 Å². The number of hydrogen-bond acceptors (Lipinski definition) is 2. The highest BCUT2D eigenvalue weighted by molar-refractivity contribution is 5.86. The average molecular weight is 270 g/mol. The van der Waals surface area contributed by atoms with Crippen molar-refractivity contribution >= 4 is 10.8 Å². The number of fused-ring (bicyclic) bond motifs is 1. The molecule has 0 bridgehead atoms. The van der Waals surface area contributed by atoms with Gasteiger partial charge >= 0.3 is 0 Å². The van der Waals surface area contributed by atoms with Gasteiger partial charge in [-0.3, -0.25) is 0 Å². The highest BCUT2D eigenvalue weighted by Crippen LogP contribution is 2.31. The molecule has 0 fully saturated rings. The SMILES string of the molecule is COCCc1cc2ccc(OC)c(F)c2c(F)c1F. The predicted molar refractivity (Wildman–Crippen MR) is 66.0 cm³/mol.